The summed E-state index contributed by atoms with van der Waals surface area (Å²) in [7, 11) is 0. The molecule has 228 valence electrons. The van der Waals surface area contributed by atoms with Crippen molar-refractivity contribution in [3.8, 4) is 22.3 Å². The van der Waals surface area contributed by atoms with Gasteiger partial charge >= 0.3 is 97.5 Å². The van der Waals surface area contributed by atoms with Gasteiger partial charge in [0.2, 0.25) is 0 Å². The first-order valence-corrected chi connectivity index (χ1v) is 17.5. The van der Waals surface area contributed by atoms with Crippen LogP contribution in [-0.2, 0) is 41.5 Å². The van der Waals surface area contributed by atoms with Crippen LogP contribution in [0.2, 0.25) is 0 Å². The third kappa shape index (κ3) is 7.58. The van der Waals surface area contributed by atoms with Gasteiger partial charge in [0.1, 0.15) is 0 Å². The van der Waals surface area contributed by atoms with Gasteiger partial charge in [-0.2, -0.15) is 41.0 Å². The molecule has 1 heteroatoms. The number of allylic oxidation sites excluding steroid dienone is 4. The van der Waals surface area contributed by atoms with Crippen molar-refractivity contribution in [2.24, 2.45) is 11.3 Å². The summed E-state index contributed by atoms with van der Waals surface area (Å²) in [5, 5.41) is 1.42. The molecule has 4 aromatic carbocycles. The van der Waals surface area contributed by atoms with Gasteiger partial charge in [0.15, 0.2) is 0 Å². The summed E-state index contributed by atoms with van der Waals surface area (Å²) >= 11 is 1.49. The Labute approximate surface area is 287 Å². The molecule has 0 aliphatic heterocycles. The Balaban J connectivity index is 0.000000144. The van der Waals surface area contributed by atoms with Gasteiger partial charge in [0, 0.05) is 0 Å². The molecule has 0 aromatic heterocycles. The third-order valence-corrected chi connectivity index (χ3v) is 10.1. The van der Waals surface area contributed by atoms with E-state index in [1.54, 1.807) is 0 Å². The molecule has 0 radical (unpaired) electrons. The Bertz CT molecular complexity index is 1830. The van der Waals surface area contributed by atoms with Gasteiger partial charge in [0.05, 0.1) is 0 Å². The molecule has 7 rings (SSSR count). The molecule has 0 spiro atoms. The molecule has 3 aliphatic carbocycles. The number of hydrogen-bond donors (Lipinski definition) is 0. The predicted octanol–water partition coefficient (Wildman–Crippen LogP) is 10.9. The molecule has 0 amide bonds. The summed E-state index contributed by atoms with van der Waals surface area (Å²) in [5.74, 6) is 0.522. The SMILES string of the molecule is CC(C)(C)c1c[c-]c2c(c1)-c1cc(C(C)(C)C)ccc1C2.CC1[C-]=CC(C(C)(C)C)=C1.[Zr+2]=[c]1cccc2c1=Cc1ccccc1-2. The van der Waals surface area contributed by atoms with Gasteiger partial charge in [-0.1, -0.05) is 115 Å². The molecule has 3 aliphatic rings. The van der Waals surface area contributed by atoms with E-state index in [9.17, 15) is 0 Å². The third-order valence-electron chi connectivity index (χ3n) is 8.98. The number of rotatable bonds is 0. The molecule has 1 unspecified atom stereocenters. The van der Waals surface area contributed by atoms with Crippen LogP contribution in [0.25, 0.3) is 28.3 Å². The van der Waals surface area contributed by atoms with Crippen molar-refractivity contribution in [3.63, 3.8) is 0 Å². The first-order valence-electron chi connectivity index (χ1n) is 16.3. The molecule has 0 fully saturated rings. The number of hydrogen-bond acceptors (Lipinski definition) is 0. The number of benzene rings is 4. The molecule has 45 heavy (non-hydrogen) atoms. The van der Waals surface area contributed by atoms with Gasteiger partial charge in [0.25, 0.3) is 0 Å². The van der Waals surface area contributed by atoms with E-state index in [4.69, 9.17) is 0 Å². The van der Waals surface area contributed by atoms with Crippen molar-refractivity contribution in [1.29, 1.82) is 0 Å². The Morgan fingerprint density at radius 3 is 1.98 bits per heavy atom. The van der Waals surface area contributed by atoms with E-state index >= 15 is 0 Å². The zero-order chi connectivity index (χ0) is 32.7. The van der Waals surface area contributed by atoms with Crippen LogP contribution in [0.4, 0.5) is 0 Å². The predicted molar refractivity (Wildman–Crippen MR) is 189 cm³/mol. The summed E-state index contributed by atoms with van der Waals surface area (Å²) in [6, 6.07) is 30.2. The molecular weight excluding hydrogens is 620 g/mol. The normalized spacial score (nSPS) is 15.8. The molecule has 0 saturated carbocycles. The molecule has 0 saturated heterocycles. The quantitative estimate of drug-likeness (QED) is 0.141. The fraction of sp³-hybridized carbons (Fsp3) is 0.341. The van der Waals surface area contributed by atoms with Crippen LogP contribution in [0, 0.1) is 26.3 Å². The summed E-state index contributed by atoms with van der Waals surface area (Å²) in [6.07, 6.45) is 11.0. The van der Waals surface area contributed by atoms with E-state index < -0.39 is 0 Å². The Morgan fingerprint density at radius 2 is 1.36 bits per heavy atom. The van der Waals surface area contributed by atoms with Crippen LogP contribution >= 0.6 is 0 Å². The van der Waals surface area contributed by atoms with Crippen molar-refractivity contribution in [2.75, 3.05) is 0 Å². The molecule has 0 N–H and O–H groups in total. The van der Waals surface area contributed by atoms with E-state index in [0.29, 0.717) is 11.3 Å². The van der Waals surface area contributed by atoms with Gasteiger partial charge in [-0.15, -0.1) is 5.56 Å². The molecule has 4 aromatic rings. The minimum absolute atomic E-state index is 0.177. The molecule has 0 heterocycles. The van der Waals surface area contributed by atoms with E-state index in [1.807, 2.05) is 0 Å². The van der Waals surface area contributed by atoms with Gasteiger partial charge < -0.3 is 0 Å². The fourth-order valence-corrected chi connectivity index (χ4v) is 6.76. The van der Waals surface area contributed by atoms with Crippen LogP contribution in [0.15, 0.2) is 90.5 Å². The van der Waals surface area contributed by atoms with Crippen LogP contribution in [0.3, 0.4) is 0 Å². The summed E-state index contributed by atoms with van der Waals surface area (Å²) < 4.78 is 1.45. The maximum absolute atomic E-state index is 3.53. The average Bonchev–Trinajstić information content (AvgIpc) is 3.67. The fourth-order valence-electron chi connectivity index (χ4n) is 6.02. The summed E-state index contributed by atoms with van der Waals surface area (Å²) in [5.41, 5.74) is 14.6. The van der Waals surface area contributed by atoms with E-state index in [-0.39, 0.29) is 10.8 Å². The Kier molecular flexibility index (Phi) is 9.46. The summed E-state index contributed by atoms with van der Waals surface area (Å²) in [4.78, 5) is 0. The Hall–Kier alpha value is -2.89. The summed E-state index contributed by atoms with van der Waals surface area (Å²) in [6.45, 7) is 22.5. The average molecular weight is 668 g/mol. The van der Waals surface area contributed by atoms with Gasteiger partial charge in [-0.05, 0) is 17.4 Å². The first-order chi connectivity index (χ1) is 21.0. The van der Waals surface area contributed by atoms with E-state index in [0.717, 1.165) is 6.42 Å². The van der Waals surface area contributed by atoms with Crippen LogP contribution in [-0.4, -0.2) is 0 Å². The molecular formula is C44H48Zr. The van der Waals surface area contributed by atoms with Crippen molar-refractivity contribution >= 4 is 6.08 Å². The minimum atomic E-state index is 0.177. The Morgan fingerprint density at radius 1 is 0.689 bits per heavy atom. The second kappa shape index (κ2) is 12.7. The van der Waals surface area contributed by atoms with Crippen LogP contribution in [0.5, 0.6) is 0 Å². The van der Waals surface area contributed by atoms with Crippen molar-refractivity contribution in [1.82, 2.24) is 0 Å². The van der Waals surface area contributed by atoms with Crippen LogP contribution < -0.4 is 5.22 Å². The van der Waals surface area contributed by atoms with Crippen molar-refractivity contribution in [3.05, 3.63) is 139 Å². The molecule has 0 bridgehead atoms. The second-order valence-corrected chi connectivity index (χ2v) is 17.1. The molecule has 0 nitrogen and oxygen atoms in total. The van der Waals surface area contributed by atoms with Gasteiger partial charge in [-0.3, -0.25) is 6.08 Å². The van der Waals surface area contributed by atoms with Crippen LogP contribution in [0.1, 0.15) is 97.1 Å². The number of fused-ring (bicyclic) bond motifs is 6. The van der Waals surface area contributed by atoms with E-state index in [2.05, 4.69) is 172 Å². The second-order valence-electron chi connectivity index (χ2n) is 15.8. The standard InChI is InChI=1S/C21H25.C13H8.C10H15.Zr/c1-20(2,3)16-9-7-14-11-15-8-10-17(21(4,5)6)13-19(15)18(14)12-16;1-3-7-12-10(5-1)9-11-6-2-4-8-13(11)12;1-8-5-6-9(7-8)10(2,3)4;/h7,9-10,12-13H,11H2,1-6H3;1-5,7-9H;6-8H,1-4H3;/q-1;;-1;+2. The zero-order valence-corrected chi connectivity index (χ0v) is 31.4. The topological polar surface area (TPSA) is 0 Å². The van der Waals surface area contributed by atoms with Gasteiger partial charge in [-0.25, -0.2) is 6.08 Å². The zero-order valence-electron chi connectivity index (χ0n) is 28.9. The first kappa shape index (κ1) is 33.5. The molecule has 1 atom stereocenters. The van der Waals surface area contributed by atoms with Crippen molar-refractivity contribution < 1.29 is 24.2 Å². The van der Waals surface area contributed by atoms with E-state index in [1.165, 1.54) is 87.9 Å². The van der Waals surface area contributed by atoms with Crippen molar-refractivity contribution in [2.45, 2.75) is 86.5 Å². The monoisotopic (exact) mass is 666 g/mol. The maximum atomic E-state index is 3.53.